The standard InChI is InChI=1S/C19H14Br2Cl2F3N5O/c20-12-7-30(6-10-3-4-11(22)5-13(10)23)29-18(12)27-14(32)8-31-16(9-1-2-9)15(21)17(28-31)19(24,25)26/h3-5,7,9H,1-2,6,8H2,(H,27,29,32). The Morgan fingerprint density at radius 2 is 1.94 bits per heavy atom. The number of carbonyl (C=O) groups is 1. The molecule has 0 aliphatic heterocycles. The zero-order chi connectivity index (χ0) is 23.2. The van der Waals surface area contributed by atoms with Crippen LogP contribution in [0, 0.1) is 0 Å². The first-order valence-electron chi connectivity index (χ1n) is 9.33. The zero-order valence-corrected chi connectivity index (χ0v) is 20.7. The third kappa shape index (κ3) is 5.16. The molecule has 6 nitrogen and oxygen atoms in total. The van der Waals surface area contributed by atoms with Gasteiger partial charge >= 0.3 is 6.18 Å². The Labute approximate surface area is 207 Å². The molecule has 2 aromatic heterocycles. The number of nitrogens with zero attached hydrogens (tertiary/aromatic N) is 4. The minimum atomic E-state index is -4.62. The largest absolute Gasteiger partial charge is 0.436 e. The van der Waals surface area contributed by atoms with E-state index in [1.807, 2.05) is 0 Å². The monoisotopic (exact) mass is 613 g/mol. The van der Waals surface area contributed by atoms with Gasteiger partial charge in [-0.1, -0.05) is 29.3 Å². The van der Waals surface area contributed by atoms with Crippen LogP contribution in [0.4, 0.5) is 19.0 Å². The van der Waals surface area contributed by atoms with Gasteiger partial charge in [0.25, 0.3) is 0 Å². The number of aromatic nitrogens is 4. The molecule has 0 spiro atoms. The average Bonchev–Trinajstić information content (AvgIpc) is 3.38. The fourth-order valence-electron chi connectivity index (χ4n) is 3.20. The normalized spacial score (nSPS) is 14.1. The fraction of sp³-hybridized carbons (Fsp3) is 0.316. The first-order valence-corrected chi connectivity index (χ1v) is 11.7. The third-order valence-electron chi connectivity index (χ3n) is 4.78. The van der Waals surface area contributed by atoms with Gasteiger partial charge in [0.05, 0.1) is 21.2 Å². The van der Waals surface area contributed by atoms with Gasteiger partial charge in [-0.2, -0.15) is 23.4 Å². The quantitative estimate of drug-likeness (QED) is 0.345. The molecule has 0 bridgehead atoms. The predicted octanol–water partition coefficient (Wildman–Crippen LogP) is 6.49. The van der Waals surface area contributed by atoms with E-state index in [0.29, 0.717) is 26.8 Å². The number of amides is 1. The number of benzene rings is 1. The molecule has 0 unspecified atom stereocenters. The van der Waals surface area contributed by atoms with Gasteiger partial charge in [-0.3, -0.25) is 14.2 Å². The lowest BCUT2D eigenvalue weighted by Crippen LogP contribution is -2.22. The van der Waals surface area contributed by atoms with Crippen molar-refractivity contribution in [2.75, 3.05) is 5.32 Å². The van der Waals surface area contributed by atoms with Crippen LogP contribution in [0.1, 0.15) is 35.7 Å². The van der Waals surface area contributed by atoms with Crippen LogP contribution in [-0.4, -0.2) is 25.5 Å². The van der Waals surface area contributed by atoms with Gasteiger partial charge in [-0.25, -0.2) is 0 Å². The van der Waals surface area contributed by atoms with Gasteiger partial charge in [0, 0.05) is 22.2 Å². The molecule has 13 heteroatoms. The Bertz CT molecular complexity index is 1190. The van der Waals surface area contributed by atoms with Crippen molar-refractivity contribution >= 4 is 66.8 Å². The van der Waals surface area contributed by atoms with Crippen LogP contribution in [0.25, 0.3) is 0 Å². The van der Waals surface area contributed by atoms with Crippen molar-refractivity contribution in [3.63, 3.8) is 0 Å². The molecule has 1 fully saturated rings. The van der Waals surface area contributed by atoms with Crippen LogP contribution in [0.15, 0.2) is 33.3 Å². The number of halogens is 7. The molecular weight excluding hydrogens is 602 g/mol. The number of rotatable bonds is 6. The van der Waals surface area contributed by atoms with Gasteiger partial charge in [0.15, 0.2) is 11.5 Å². The lowest BCUT2D eigenvalue weighted by Gasteiger charge is -2.07. The van der Waals surface area contributed by atoms with Crippen molar-refractivity contribution in [1.29, 1.82) is 0 Å². The molecule has 0 radical (unpaired) electrons. The van der Waals surface area contributed by atoms with Crippen LogP contribution in [0.2, 0.25) is 10.0 Å². The van der Waals surface area contributed by atoms with Gasteiger partial charge < -0.3 is 5.32 Å². The number of anilines is 1. The molecule has 32 heavy (non-hydrogen) atoms. The second-order valence-electron chi connectivity index (χ2n) is 7.28. The van der Waals surface area contributed by atoms with Crippen molar-refractivity contribution in [2.24, 2.45) is 0 Å². The van der Waals surface area contributed by atoms with E-state index in [2.05, 4.69) is 47.4 Å². The summed E-state index contributed by atoms with van der Waals surface area (Å²) in [5.41, 5.74) is 0.131. The molecule has 170 valence electrons. The second kappa shape index (κ2) is 9.00. The van der Waals surface area contributed by atoms with Crippen LogP contribution in [-0.2, 0) is 24.1 Å². The van der Waals surface area contributed by atoms with Crippen molar-refractivity contribution in [3.05, 3.63) is 60.3 Å². The van der Waals surface area contributed by atoms with Crippen molar-refractivity contribution in [3.8, 4) is 0 Å². The highest BCUT2D eigenvalue weighted by Gasteiger charge is 2.42. The predicted molar refractivity (Wildman–Crippen MR) is 121 cm³/mol. The molecular formula is C19H14Br2Cl2F3N5O. The molecule has 0 saturated heterocycles. The second-order valence-corrected chi connectivity index (χ2v) is 9.78. The molecule has 2 heterocycles. The molecule has 1 N–H and O–H groups in total. The average molecular weight is 616 g/mol. The van der Waals surface area contributed by atoms with E-state index in [4.69, 9.17) is 23.2 Å². The first-order chi connectivity index (χ1) is 15.0. The summed E-state index contributed by atoms with van der Waals surface area (Å²) >= 11 is 18.4. The summed E-state index contributed by atoms with van der Waals surface area (Å²) in [7, 11) is 0. The van der Waals surface area contributed by atoms with E-state index < -0.39 is 17.8 Å². The lowest BCUT2D eigenvalue weighted by atomic mass is 10.2. The molecule has 1 aliphatic rings. The van der Waals surface area contributed by atoms with Gasteiger partial charge in [-0.15, -0.1) is 0 Å². The Balaban J connectivity index is 1.49. The molecule has 0 atom stereocenters. The third-order valence-corrected chi connectivity index (χ3v) is 6.73. The smallest absolute Gasteiger partial charge is 0.307 e. The Kier molecular flexibility index (Phi) is 6.63. The van der Waals surface area contributed by atoms with Crippen molar-refractivity contribution in [2.45, 2.75) is 38.0 Å². The Morgan fingerprint density at radius 1 is 1.22 bits per heavy atom. The summed E-state index contributed by atoms with van der Waals surface area (Å²) in [6.07, 6.45) is -1.45. The van der Waals surface area contributed by atoms with Gasteiger partial charge in [-0.05, 0) is 62.4 Å². The maximum Gasteiger partial charge on any atom is 0.436 e. The highest BCUT2D eigenvalue weighted by atomic mass is 79.9. The number of alkyl halides is 3. The zero-order valence-electron chi connectivity index (χ0n) is 16.1. The summed E-state index contributed by atoms with van der Waals surface area (Å²) < 4.78 is 42.8. The van der Waals surface area contributed by atoms with Crippen molar-refractivity contribution < 1.29 is 18.0 Å². The van der Waals surface area contributed by atoms with E-state index in [0.717, 1.165) is 23.1 Å². The summed E-state index contributed by atoms with van der Waals surface area (Å²) in [6.45, 7) is -0.0415. The van der Waals surface area contributed by atoms with E-state index in [1.54, 1.807) is 29.1 Å². The molecule has 1 aliphatic carbocycles. The maximum absolute atomic E-state index is 13.3. The number of carbonyl (C=O) groups excluding carboxylic acids is 1. The van der Waals surface area contributed by atoms with Crippen LogP contribution < -0.4 is 5.32 Å². The lowest BCUT2D eigenvalue weighted by molar-refractivity contribution is -0.142. The Morgan fingerprint density at radius 3 is 2.56 bits per heavy atom. The van der Waals surface area contributed by atoms with Gasteiger partial charge in [0.1, 0.15) is 6.54 Å². The fourth-order valence-corrected chi connectivity index (χ4v) is 4.91. The van der Waals surface area contributed by atoms with Gasteiger partial charge in [0.2, 0.25) is 5.91 Å². The summed E-state index contributed by atoms with van der Waals surface area (Å²) in [6, 6.07) is 5.10. The first kappa shape index (κ1) is 23.6. The van der Waals surface area contributed by atoms with Crippen molar-refractivity contribution in [1.82, 2.24) is 19.6 Å². The number of hydrogen-bond donors (Lipinski definition) is 1. The van der Waals surface area contributed by atoms with Crippen LogP contribution >= 0.6 is 55.1 Å². The summed E-state index contributed by atoms with van der Waals surface area (Å²) in [5, 5.41) is 11.6. The number of nitrogens with one attached hydrogen (secondary N) is 1. The Hall–Kier alpha value is -1.56. The highest BCUT2D eigenvalue weighted by Crippen LogP contribution is 2.47. The summed E-state index contributed by atoms with van der Waals surface area (Å²) in [5.74, 6) is -0.364. The topological polar surface area (TPSA) is 64.7 Å². The minimum Gasteiger partial charge on any atom is -0.307 e. The van der Waals surface area contributed by atoms with E-state index in [-0.39, 0.29) is 22.8 Å². The molecule has 1 saturated carbocycles. The molecule has 1 amide bonds. The van der Waals surface area contributed by atoms with E-state index >= 15 is 0 Å². The number of hydrogen-bond acceptors (Lipinski definition) is 3. The van der Waals surface area contributed by atoms with E-state index in [9.17, 15) is 18.0 Å². The van der Waals surface area contributed by atoms with Crippen LogP contribution in [0.3, 0.4) is 0 Å². The molecule has 4 rings (SSSR count). The minimum absolute atomic E-state index is 0.0455. The molecule has 1 aromatic carbocycles. The molecule has 3 aromatic rings. The highest BCUT2D eigenvalue weighted by molar-refractivity contribution is 9.11. The van der Waals surface area contributed by atoms with Crippen LogP contribution in [0.5, 0.6) is 0 Å². The maximum atomic E-state index is 13.3. The van der Waals surface area contributed by atoms with E-state index in [1.165, 1.54) is 0 Å². The summed E-state index contributed by atoms with van der Waals surface area (Å²) in [4.78, 5) is 12.6. The SMILES string of the molecule is O=C(Cn1nc(C(F)(F)F)c(Br)c1C1CC1)Nc1nn(Cc2ccc(Cl)cc2Cl)cc1Br.